The Labute approximate surface area is 148 Å². The minimum Gasteiger partial charge on any atom is -0.370 e. The van der Waals surface area contributed by atoms with Crippen LogP contribution in [0.25, 0.3) is 0 Å². The number of likely N-dealkylation sites (tertiary alicyclic amines) is 1. The average Bonchev–Trinajstić information content (AvgIpc) is 2.99. The van der Waals surface area contributed by atoms with Crippen LogP contribution in [0.15, 0.2) is 35.3 Å². The first-order valence-corrected chi connectivity index (χ1v) is 9.82. The van der Waals surface area contributed by atoms with E-state index in [1.54, 1.807) is 0 Å². The van der Waals surface area contributed by atoms with Gasteiger partial charge in [0.15, 0.2) is 5.96 Å². The Hall–Kier alpha value is -1.69. The van der Waals surface area contributed by atoms with E-state index in [0.717, 1.165) is 44.1 Å². The van der Waals surface area contributed by atoms with E-state index in [9.17, 15) is 4.79 Å². The molecule has 24 heavy (non-hydrogen) atoms. The summed E-state index contributed by atoms with van der Waals surface area (Å²) in [4.78, 5) is 20.9. The van der Waals surface area contributed by atoms with Crippen LogP contribution in [0.2, 0.25) is 0 Å². The van der Waals surface area contributed by atoms with Gasteiger partial charge in [0.2, 0.25) is 5.91 Å². The van der Waals surface area contributed by atoms with E-state index in [-0.39, 0.29) is 5.91 Å². The highest BCUT2D eigenvalue weighted by Gasteiger charge is 2.29. The molecule has 2 heterocycles. The number of nitrogens with two attached hydrogens (primary N) is 1. The third kappa shape index (κ3) is 4.66. The Bertz CT molecular complexity index is 572. The van der Waals surface area contributed by atoms with E-state index in [1.807, 2.05) is 34.9 Å². The lowest BCUT2D eigenvalue weighted by Crippen LogP contribution is -2.43. The van der Waals surface area contributed by atoms with Crippen LogP contribution in [0.5, 0.6) is 0 Å². The second kappa shape index (κ2) is 8.42. The van der Waals surface area contributed by atoms with Crippen LogP contribution in [-0.2, 0) is 11.2 Å². The number of carbonyl (C=O) groups is 1. The van der Waals surface area contributed by atoms with E-state index in [1.165, 1.54) is 5.56 Å². The molecule has 1 amide bonds. The largest absolute Gasteiger partial charge is 0.370 e. The summed E-state index contributed by atoms with van der Waals surface area (Å²) in [5.41, 5.74) is 7.38. The number of hydrogen-bond donors (Lipinski definition) is 1. The highest BCUT2D eigenvalue weighted by atomic mass is 32.2. The summed E-state index contributed by atoms with van der Waals surface area (Å²) in [6.45, 7) is 4.21. The lowest BCUT2D eigenvalue weighted by atomic mass is 10.1. The highest BCUT2D eigenvalue weighted by Crippen LogP contribution is 2.19. The van der Waals surface area contributed by atoms with Gasteiger partial charge in [-0.2, -0.15) is 11.8 Å². The molecule has 5 nitrogen and oxygen atoms in total. The summed E-state index contributed by atoms with van der Waals surface area (Å²) in [6.07, 6.45) is 1.51. The van der Waals surface area contributed by atoms with E-state index in [0.29, 0.717) is 24.8 Å². The van der Waals surface area contributed by atoms with Crippen LogP contribution in [0, 0.1) is 5.92 Å². The Balaban J connectivity index is 1.45. The predicted molar refractivity (Wildman–Crippen MR) is 100 cm³/mol. The lowest BCUT2D eigenvalue weighted by Gasteiger charge is -2.27. The third-order valence-corrected chi connectivity index (χ3v) is 5.60. The Morgan fingerprint density at radius 2 is 2.00 bits per heavy atom. The fourth-order valence-corrected chi connectivity index (χ4v) is 4.12. The molecule has 0 radical (unpaired) electrons. The van der Waals surface area contributed by atoms with Gasteiger partial charge in [0.1, 0.15) is 0 Å². The number of carbonyl (C=O) groups excluding carboxylic acids is 1. The first-order valence-electron chi connectivity index (χ1n) is 8.66. The zero-order valence-electron chi connectivity index (χ0n) is 14.1. The van der Waals surface area contributed by atoms with Crippen LogP contribution >= 0.6 is 11.8 Å². The maximum Gasteiger partial charge on any atom is 0.223 e. The molecule has 0 bridgehead atoms. The Morgan fingerprint density at radius 1 is 1.25 bits per heavy atom. The standard InChI is InChI=1S/C18H26N4OS/c19-18(21-8-10-24-11-9-21)20-13-16-12-17(23)22(14-16)7-6-15-4-2-1-3-5-15/h1-5,16H,6-14H2,(H2,19,20). The molecule has 0 aromatic heterocycles. The lowest BCUT2D eigenvalue weighted by molar-refractivity contribution is -0.127. The smallest absolute Gasteiger partial charge is 0.223 e. The van der Waals surface area contributed by atoms with Crippen molar-refractivity contribution in [2.24, 2.45) is 16.6 Å². The average molecular weight is 347 g/mol. The number of rotatable bonds is 5. The molecule has 0 saturated carbocycles. The van der Waals surface area contributed by atoms with Gasteiger partial charge in [0.05, 0.1) is 0 Å². The Kier molecular flexibility index (Phi) is 6.01. The van der Waals surface area contributed by atoms with Gasteiger partial charge in [0.25, 0.3) is 0 Å². The number of amides is 1. The zero-order valence-corrected chi connectivity index (χ0v) is 14.9. The topological polar surface area (TPSA) is 61.9 Å². The Morgan fingerprint density at radius 3 is 2.75 bits per heavy atom. The van der Waals surface area contributed by atoms with Gasteiger partial charge in [-0.1, -0.05) is 30.3 Å². The fraction of sp³-hybridized carbons (Fsp3) is 0.556. The maximum absolute atomic E-state index is 12.2. The molecule has 1 atom stereocenters. The number of benzene rings is 1. The molecule has 1 aromatic carbocycles. The second-order valence-electron chi connectivity index (χ2n) is 6.44. The molecule has 0 spiro atoms. The highest BCUT2D eigenvalue weighted by molar-refractivity contribution is 7.99. The summed E-state index contributed by atoms with van der Waals surface area (Å²) in [5.74, 6) is 3.42. The zero-order chi connectivity index (χ0) is 16.8. The number of guanidine groups is 1. The van der Waals surface area contributed by atoms with Gasteiger partial charge in [-0.3, -0.25) is 9.79 Å². The first-order chi connectivity index (χ1) is 11.7. The van der Waals surface area contributed by atoms with Gasteiger partial charge in [-0.05, 0) is 12.0 Å². The van der Waals surface area contributed by atoms with E-state index in [2.05, 4.69) is 22.0 Å². The minimum absolute atomic E-state index is 0.249. The van der Waals surface area contributed by atoms with Crippen molar-refractivity contribution in [3.8, 4) is 0 Å². The summed E-state index contributed by atoms with van der Waals surface area (Å²) in [5, 5.41) is 0. The van der Waals surface area contributed by atoms with Crippen molar-refractivity contribution >= 4 is 23.6 Å². The van der Waals surface area contributed by atoms with Crippen LogP contribution in [-0.4, -0.2) is 65.9 Å². The predicted octanol–water partition coefficient (Wildman–Crippen LogP) is 1.44. The molecule has 2 fully saturated rings. The molecule has 0 aliphatic carbocycles. The molecular weight excluding hydrogens is 320 g/mol. The van der Waals surface area contributed by atoms with Gasteiger partial charge >= 0.3 is 0 Å². The first kappa shape index (κ1) is 17.1. The summed E-state index contributed by atoms with van der Waals surface area (Å²) < 4.78 is 0. The van der Waals surface area contributed by atoms with Crippen LogP contribution < -0.4 is 5.73 Å². The fourth-order valence-electron chi connectivity index (χ4n) is 3.22. The van der Waals surface area contributed by atoms with Crippen molar-refractivity contribution in [3.05, 3.63) is 35.9 Å². The van der Waals surface area contributed by atoms with Gasteiger partial charge < -0.3 is 15.5 Å². The summed E-state index contributed by atoms with van der Waals surface area (Å²) in [6, 6.07) is 10.3. The normalized spacial score (nSPS) is 22.2. The molecule has 130 valence electrons. The van der Waals surface area contributed by atoms with Crippen LogP contribution in [0.1, 0.15) is 12.0 Å². The third-order valence-electron chi connectivity index (χ3n) is 4.65. The number of nitrogens with zero attached hydrogens (tertiary/aromatic N) is 3. The molecule has 2 aliphatic heterocycles. The molecule has 1 aromatic rings. The van der Waals surface area contributed by atoms with E-state index >= 15 is 0 Å². The number of aliphatic imine (C=N–C) groups is 1. The van der Waals surface area contributed by atoms with Crippen LogP contribution in [0.3, 0.4) is 0 Å². The summed E-state index contributed by atoms with van der Waals surface area (Å²) >= 11 is 1.96. The molecule has 2 saturated heterocycles. The van der Waals surface area contributed by atoms with Crippen molar-refractivity contribution in [1.29, 1.82) is 0 Å². The van der Waals surface area contributed by atoms with Gasteiger partial charge in [0, 0.05) is 56.6 Å². The molecule has 2 N–H and O–H groups in total. The van der Waals surface area contributed by atoms with Crippen LogP contribution in [0.4, 0.5) is 0 Å². The monoisotopic (exact) mass is 346 g/mol. The van der Waals surface area contributed by atoms with Crippen molar-refractivity contribution in [3.63, 3.8) is 0 Å². The minimum atomic E-state index is 0.249. The summed E-state index contributed by atoms with van der Waals surface area (Å²) in [7, 11) is 0. The SMILES string of the molecule is NC(=NCC1CC(=O)N(CCc2ccccc2)C1)N1CCSCC1. The van der Waals surface area contributed by atoms with Crippen molar-refractivity contribution in [2.75, 3.05) is 44.2 Å². The van der Waals surface area contributed by atoms with E-state index < -0.39 is 0 Å². The molecule has 3 rings (SSSR count). The van der Waals surface area contributed by atoms with Crippen molar-refractivity contribution < 1.29 is 4.79 Å². The number of hydrogen-bond acceptors (Lipinski definition) is 3. The van der Waals surface area contributed by atoms with Gasteiger partial charge in [-0.25, -0.2) is 0 Å². The van der Waals surface area contributed by atoms with E-state index in [4.69, 9.17) is 5.73 Å². The number of thioether (sulfide) groups is 1. The van der Waals surface area contributed by atoms with Crippen molar-refractivity contribution in [1.82, 2.24) is 9.80 Å². The van der Waals surface area contributed by atoms with Crippen molar-refractivity contribution in [2.45, 2.75) is 12.8 Å². The molecule has 2 aliphatic rings. The quantitative estimate of drug-likeness (QED) is 0.647. The second-order valence-corrected chi connectivity index (χ2v) is 7.67. The molecule has 1 unspecified atom stereocenters. The van der Waals surface area contributed by atoms with Gasteiger partial charge in [-0.15, -0.1) is 0 Å². The molecule has 6 heteroatoms. The maximum atomic E-state index is 12.2. The molecular formula is C18H26N4OS.